The second-order valence-electron chi connectivity index (χ2n) is 5.13. The number of hydrogen-bond acceptors (Lipinski definition) is 1. The van der Waals surface area contributed by atoms with Gasteiger partial charge in [-0.2, -0.15) is 0 Å². The van der Waals surface area contributed by atoms with Gasteiger partial charge in [-0.05, 0) is 42.6 Å². The molecule has 0 radical (unpaired) electrons. The second kappa shape index (κ2) is 7.32. The van der Waals surface area contributed by atoms with Gasteiger partial charge in [-0.15, -0.1) is 0 Å². The average Bonchev–Trinajstić information content (AvgIpc) is 2.49. The molecule has 0 amide bonds. The average molecular weight is 289 g/mol. The maximum absolute atomic E-state index is 13.8. The highest BCUT2D eigenvalue weighted by molar-refractivity contribution is 5.65. The Hall–Kier alpha value is -1.74. The van der Waals surface area contributed by atoms with E-state index in [1.54, 1.807) is 12.1 Å². The van der Waals surface area contributed by atoms with Crippen LogP contribution in [-0.2, 0) is 0 Å². The van der Waals surface area contributed by atoms with Crippen LogP contribution >= 0.6 is 0 Å². The third-order valence-electron chi connectivity index (χ3n) is 3.61. The van der Waals surface area contributed by atoms with Gasteiger partial charge in [0.2, 0.25) is 0 Å². The Bertz CT molecular complexity index is 558. The van der Waals surface area contributed by atoms with Crippen molar-refractivity contribution < 1.29 is 8.78 Å². The van der Waals surface area contributed by atoms with Crippen molar-refractivity contribution in [2.75, 3.05) is 6.54 Å². The summed E-state index contributed by atoms with van der Waals surface area (Å²) in [5.41, 5.74) is 1.75. The summed E-state index contributed by atoms with van der Waals surface area (Å²) >= 11 is 0. The Morgan fingerprint density at radius 3 is 2.10 bits per heavy atom. The molecule has 2 aromatic carbocycles. The fourth-order valence-electron chi connectivity index (χ4n) is 2.47. The summed E-state index contributed by atoms with van der Waals surface area (Å²) in [4.78, 5) is 0. The van der Waals surface area contributed by atoms with Crippen LogP contribution in [0.4, 0.5) is 8.78 Å². The first-order valence-corrected chi connectivity index (χ1v) is 7.45. The predicted molar refractivity (Wildman–Crippen MR) is 83.1 cm³/mol. The first-order valence-electron chi connectivity index (χ1n) is 7.45. The van der Waals surface area contributed by atoms with Crippen LogP contribution in [0.3, 0.4) is 0 Å². The lowest BCUT2D eigenvalue weighted by Crippen LogP contribution is -2.21. The summed E-state index contributed by atoms with van der Waals surface area (Å²) in [7, 11) is 0. The molecule has 0 aliphatic carbocycles. The lowest BCUT2D eigenvalue weighted by Gasteiger charge is -2.17. The van der Waals surface area contributed by atoms with Gasteiger partial charge in [0, 0.05) is 6.04 Å². The molecule has 112 valence electrons. The molecule has 0 aromatic heterocycles. The highest BCUT2D eigenvalue weighted by Gasteiger charge is 2.12. The number of rotatable bonds is 6. The van der Waals surface area contributed by atoms with E-state index in [1.807, 2.05) is 12.1 Å². The van der Waals surface area contributed by atoms with Crippen molar-refractivity contribution in [1.82, 2.24) is 5.32 Å². The van der Waals surface area contributed by atoms with E-state index >= 15 is 0 Å². The van der Waals surface area contributed by atoms with Crippen molar-refractivity contribution in [1.29, 1.82) is 0 Å². The van der Waals surface area contributed by atoms with Gasteiger partial charge in [-0.3, -0.25) is 0 Å². The zero-order valence-corrected chi connectivity index (χ0v) is 12.5. The van der Waals surface area contributed by atoms with Gasteiger partial charge in [-0.1, -0.05) is 44.2 Å². The molecule has 0 aliphatic heterocycles. The van der Waals surface area contributed by atoms with E-state index < -0.39 is 11.6 Å². The molecule has 2 rings (SSSR count). The first-order chi connectivity index (χ1) is 10.2. The van der Waals surface area contributed by atoms with E-state index in [-0.39, 0.29) is 11.6 Å². The summed E-state index contributed by atoms with van der Waals surface area (Å²) in [5, 5.41) is 3.47. The van der Waals surface area contributed by atoms with Gasteiger partial charge >= 0.3 is 0 Å². The molecule has 3 heteroatoms. The molecule has 0 aliphatic rings. The van der Waals surface area contributed by atoms with E-state index in [0.29, 0.717) is 5.56 Å². The first kappa shape index (κ1) is 15.6. The van der Waals surface area contributed by atoms with E-state index in [0.717, 1.165) is 24.9 Å². The van der Waals surface area contributed by atoms with Gasteiger partial charge in [-0.25, -0.2) is 8.78 Å². The van der Waals surface area contributed by atoms with Gasteiger partial charge < -0.3 is 5.32 Å². The lowest BCUT2D eigenvalue weighted by molar-refractivity contribution is 0.518. The van der Waals surface area contributed by atoms with Gasteiger partial charge in [0.1, 0.15) is 11.6 Å². The van der Waals surface area contributed by atoms with Crippen molar-refractivity contribution in [2.45, 2.75) is 32.7 Å². The van der Waals surface area contributed by atoms with Gasteiger partial charge in [0.25, 0.3) is 0 Å². The van der Waals surface area contributed by atoms with Crippen molar-refractivity contribution in [3.8, 4) is 11.1 Å². The van der Waals surface area contributed by atoms with Gasteiger partial charge in [0.05, 0.1) is 5.56 Å². The Kier molecular flexibility index (Phi) is 5.45. The van der Waals surface area contributed by atoms with Crippen molar-refractivity contribution in [3.05, 3.63) is 59.7 Å². The number of benzene rings is 2. The third-order valence-corrected chi connectivity index (χ3v) is 3.61. The van der Waals surface area contributed by atoms with Crippen molar-refractivity contribution in [2.24, 2.45) is 0 Å². The fraction of sp³-hybridized carbons (Fsp3) is 0.333. The molecule has 0 spiro atoms. The van der Waals surface area contributed by atoms with Crippen LogP contribution in [-0.4, -0.2) is 6.54 Å². The van der Waals surface area contributed by atoms with E-state index in [1.165, 1.54) is 18.2 Å². The quantitative estimate of drug-likeness (QED) is 0.781. The standard InChI is InChI=1S/C18H21F2N/c1-3-12-21-17(4-2)13-8-10-14(11-9-13)18-15(19)6-5-7-16(18)20/h5-11,17,21H,3-4,12H2,1-2H3. The van der Waals surface area contributed by atoms with Crippen LogP contribution in [0.25, 0.3) is 11.1 Å². The molecule has 0 saturated heterocycles. The topological polar surface area (TPSA) is 12.0 Å². The van der Waals surface area contributed by atoms with Crippen molar-refractivity contribution >= 4 is 0 Å². The third kappa shape index (κ3) is 3.67. The number of hydrogen-bond donors (Lipinski definition) is 1. The van der Waals surface area contributed by atoms with E-state index in [4.69, 9.17) is 0 Å². The van der Waals surface area contributed by atoms with Crippen LogP contribution in [0, 0.1) is 11.6 Å². The van der Waals surface area contributed by atoms with Crippen LogP contribution in [0.5, 0.6) is 0 Å². The Morgan fingerprint density at radius 1 is 0.952 bits per heavy atom. The molecule has 0 bridgehead atoms. The SMILES string of the molecule is CCCNC(CC)c1ccc(-c2c(F)cccc2F)cc1. The zero-order valence-electron chi connectivity index (χ0n) is 12.5. The lowest BCUT2D eigenvalue weighted by atomic mass is 9.99. The molecule has 2 aromatic rings. The molecule has 21 heavy (non-hydrogen) atoms. The van der Waals surface area contributed by atoms with E-state index in [9.17, 15) is 8.78 Å². The zero-order chi connectivity index (χ0) is 15.2. The molecule has 1 unspecified atom stereocenters. The summed E-state index contributed by atoms with van der Waals surface area (Å²) in [6.45, 7) is 5.21. The Morgan fingerprint density at radius 2 is 1.57 bits per heavy atom. The minimum Gasteiger partial charge on any atom is -0.310 e. The predicted octanol–water partition coefficient (Wildman–Crippen LogP) is 5.08. The fourth-order valence-corrected chi connectivity index (χ4v) is 2.47. The molecular weight excluding hydrogens is 268 g/mol. The highest BCUT2D eigenvalue weighted by Crippen LogP contribution is 2.27. The van der Waals surface area contributed by atoms with Crippen molar-refractivity contribution in [3.63, 3.8) is 0 Å². The molecule has 1 nitrogen and oxygen atoms in total. The summed E-state index contributed by atoms with van der Waals surface area (Å²) in [6.07, 6.45) is 2.06. The molecule has 1 atom stereocenters. The molecule has 0 saturated carbocycles. The largest absolute Gasteiger partial charge is 0.310 e. The number of nitrogens with one attached hydrogen (secondary N) is 1. The van der Waals surface area contributed by atoms with Crippen LogP contribution in [0.15, 0.2) is 42.5 Å². The summed E-state index contributed by atoms with van der Waals surface area (Å²) in [6, 6.07) is 11.7. The van der Waals surface area contributed by atoms with E-state index in [2.05, 4.69) is 19.2 Å². The Balaban J connectivity index is 2.26. The molecule has 1 N–H and O–H groups in total. The monoisotopic (exact) mass is 289 g/mol. The van der Waals surface area contributed by atoms with Crippen LogP contribution in [0.2, 0.25) is 0 Å². The maximum Gasteiger partial charge on any atom is 0.133 e. The van der Waals surface area contributed by atoms with Crippen LogP contribution in [0.1, 0.15) is 38.3 Å². The maximum atomic E-state index is 13.8. The minimum absolute atomic E-state index is 0.0404. The number of halogens is 2. The highest BCUT2D eigenvalue weighted by atomic mass is 19.1. The smallest absolute Gasteiger partial charge is 0.133 e. The van der Waals surface area contributed by atoms with Crippen LogP contribution < -0.4 is 5.32 Å². The second-order valence-corrected chi connectivity index (χ2v) is 5.13. The molecular formula is C18H21F2N. The molecule has 0 heterocycles. The minimum atomic E-state index is -0.529. The van der Waals surface area contributed by atoms with Gasteiger partial charge in [0.15, 0.2) is 0 Å². The normalized spacial score (nSPS) is 12.4. The summed E-state index contributed by atoms with van der Waals surface area (Å²) < 4.78 is 27.6. The summed E-state index contributed by atoms with van der Waals surface area (Å²) in [5.74, 6) is -1.06. The molecule has 0 fully saturated rings. The Labute approximate surface area is 125 Å².